The van der Waals surface area contributed by atoms with E-state index in [1.807, 2.05) is 29.3 Å². The number of carboxylic acid groups (broad SMARTS) is 1. The maximum absolute atomic E-state index is 12.8. The van der Waals surface area contributed by atoms with Gasteiger partial charge in [-0.15, -0.1) is 0 Å². The first-order valence-electron chi connectivity index (χ1n) is 9.25. The quantitative estimate of drug-likeness (QED) is 0.706. The molecule has 1 aliphatic heterocycles. The average Bonchev–Trinajstić information content (AvgIpc) is 3.36. The number of methoxy groups -OCH3 is 1. The fraction of sp³-hybridized carbons (Fsp3) is 0.350. The highest BCUT2D eigenvalue weighted by Gasteiger charge is 2.25. The van der Waals surface area contributed by atoms with Crippen molar-refractivity contribution in [3.05, 3.63) is 47.9 Å². The predicted octanol–water partition coefficient (Wildman–Crippen LogP) is 2.48. The third kappa shape index (κ3) is 3.33. The summed E-state index contributed by atoms with van der Waals surface area (Å²) in [6, 6.07) is 5.89. The van der Waals surface area contributed by atoms with E-state index in [0.717, 1.165) is 35.1 Å². The molecule has 1 aliphatic rings. The number of amides is 1. The number of H-pyrrole nitrogens is 1. The highest BCUT2D eigenvalue weighted by molar-refractivity contribution is 5.93. The number of nitrogens with zero attached hydrogens (tertiary/aromatic N) is 3. The lowest BCUT2D eigenvalue weighted by Crippen LogP contribution is -2.39. The zero-order chi connectivity index (χ0) is 19.7. The summed E-state index contributed by atoms with van der Waals surface area (Å²) < 4.78 is 7.14. The average molecular weight is 382 g/mol. The van der Waals surface area contributed by atoms with Crippen molar-refractivity contribution < 1.29 is 19.4 Å². The number of hydrogen-bond acceptors (Lipinski definition) is 4. The van der Waals surface area contributed by atoms with Crippen LogP contribution in [0.5, 0.6) is 5.75 Å². The number of nitrogens with one attached hydrogen (secondary N) is 1. The molecule has 1 amide bonds. The Kier molecular flexibility index (Phi) is 4.77. The number of likely N-dealkylation sites (tertiary alicyclic amines) is 1. The third-order valence-electron chi connectivity index (χ3n) is 5.35. The number of carbonyl (C=O) groups excluding carboxylic acids is 1. The van der Waals surface area contributed by atoms with Gasteiger partial charge in [-0.3, -0.25) is 9.48 Å². The van der Waals surface area contributed by atoms with E-state index in [1.165, 1.54) is 6.20 Å². The van der Waals surface area contributed by atoms with Crippen molar-refractivity contribution in [2.45, 2.75) is 25.3 Å². The molecule has 8 nitrogen and oxygen atoms in total. The van der Waals surface area contributed by atoms with E-state index in [-0.39, 0.29) is 17.5 Å². The second-order valence-electron chi connectivity index (χ2n) is 7.00. The molecule has 8 heteroatoms. The van der Waals surface area contributed by atoms with Crippen molar-refractivity contribution in [2.24, 2.45) is 0 Å². The number of hydrogen-bond donors (Lipinski definition) is 2. The number of ether oxygens (including phenoxy) is 1. The number of piperidine rings is 1. The standard InChI is InChI=1S/C20H22N4O4/c1-28-17-4-2-3-16-19(17)13(10-21-16)9-18(25)23-7-5-15(6-8-23)24-12-14(11-22-24)20(26)27/h2-4,10-12,15,21H,5-9H2,1H3,(H,26,27). The van der Waals surface area contributed by atoms with Crippen LogP contribution in [0.4, 0.5) is 0 Å². The molecule has 4 rings (SSSR count). The van der Waals surface area contributed by atoms with Gasteiger partial charge in [0, 0.05) is 36.4 Å². The molecule has 0 radical (unpaired) electrons. The molecule has 0 bridgehead atoms. The summed E-state index contributed by atoms with van der Waals surface area (Å²) in [6.07, 6.45) is 6.62. The number of aromatic carboxylic acids is 1. The highest BCUT2D eigenvalue weighted by Crippen LogP contribution is 2.29. The normalized spacial score (nSPS) is 15.1. The Bertz CT molecular complexity index is 1010. The molecule has 3 aromatic rings. The first-order chi connectivity index (χ1) is 13.6. The van der Waals surface area contributed by atoms with Gasteiger partial charge in [0.25, 0.3) is 0 Å². The van der Waals surface area contributed by atoms with Gasteiger partial charge in [-0.05, 0) is 30.5 Å². The summed E-state index contributed by atoms with van der Waals surface area (Å²) in [4.78, 5) is 28.9. The lowest BCUT2D eigenvalue weighted by molar-refractivity contribution is -0.131. The second-order valence-corrected chi connectivity index (χ2v) is 7.00. The van der Waals surface area contributed by atoms with Crippen molar-refractivity contribution in [3.8, 4) is 5.75 Å². The maximum Gasteiger partial charge on any atom is 0.338 e. The summed E-state index contributed by atoms with van der Waals surface area (Å²) >= 11 is 0. The van der Waals surface area contributed by atoms with Crippen LogP contribution < -0.4 is 4.74 Å². The molecule has 2 N–H and O–H groups in total. The maximum atomic E-state index is 12.8. The summed E-state index contributed by atoms with van der Waals surface area (Å²) in [5.74, 6) is -0.141. The van der Waals surface area contributed by atoms with Crippen LogP contribution in [0.25, 0.3) is 10.9 Å². The van der Waals surface area contributed by atoms with Gasteiger partial charge in [0.1, 0.15) is 5.75 Å². The lowest BCUT2D eigenvalue weighted by atomic mass is 10.0. The summed E-state index contributed by atoms with van der Waals surface area (Å²) in [5.41, 5.74) is 2.07. The number of carbonyl (C=O) groups is 2. The first kappa shape index (κ1) is 18.1. The van der Waals surface area contributed by atoms with Gasteiger partial charge < -0.3 is 19.7 Å². The van der Waals surface area contributed by atoms with Crippen molar-refractivity contribution in [1.29, 1.82) is 0 Å². The van der Waals surface area contributed by atoms with Crippen LogP contribution in [0.15, 0.2) is 36.8 Å². The van der Waals surface area contributed by atoms with E-state index in [2.05, 4.69) is 10.1 Å². The number of benzene rings is 1. The molecule has 0 atom stereocenters. The van der Waals surface area contributed by atoms with Crippen molar-refractivity contribution in [2.75, 3.05) is 20.2 Å². The van der Waals surface area contributed by atoms with E-state index in [0.29, 0.717) is 19.5 Å². The van der Waals surface area contributed by atoms with Gasteiger partial charge in [0.05, 0.1) is 31.3 Å². The molecule has 2 aromatic heterocycles. The van der Waals surface area contributed by atoms with Crippen LogP contribution in [0.2, 0.25) is 0 Å². The van der Waals surface area contributed by atoms with Crippen molar-refractivity contribution >= 4 is 22.8 Å². The highest BCUT2D eigenvalue weighted by atomic mass is 16.5. The zero-order valence-electron chi connectivity index (χ0n) is 15.6. The SMILES string of the molecule is COc1cccc2[nH]cc(CC(=O)N3CCC(n4cc(C(=O)O)cn4)CC3)c12. The van der Waals surface area contributed by atoms with Crippen LogP contribution in [-0.2, 0) is 11.2 Å². The Morgan fingerprint density at radius 1 is 1.32 bits per heavy atom. The molecule has 0 aliphatic carbocycles. The van der Waals surface area contributed by atoms with Crippen molar-refractivity contribution in [1.82, 2.24) is 19.7 Å². The van der Waals surface area contributed by atoms with E-state index in [4.69, 9.17) is 9.84 Å². The molecule has 0 unspecified atom stereocenters. The molecule has 1 saturated heterocycles. The van der Waals surface area contributed by atoms with Crippen molar-refractivity contribution in [3.63, 3.8) is 0 Å². The Morgan fingerprint density at radius 2 is 2.11 bits per heavy atom. The minimum atomic E-state index is -0.979. The van der Waals surface area contributed by atoms with E-state index >= 15 is 0 Å². The van der Waals surface area contributed by atoms with Gasteiger partial charge in [-0.2, -0.15) is 5.10 Å². The lowest BCUT2D eigenvalue weighted by Gasteiger charge is -2.32. The number of aromatic amines is 1. The molecule has 0 spiro atoms. The minimum Gasteiger partial charge on any atom is -0.496 e. The molecule has 0 saturated carbocycles. The predicted molar refractivity (Wildman–Crippen MR) is 103 cm³/mol. The first-order valence-corrected chi connectivity index (χ1v) is 9.25. The molecule has 146 valence electrons. The Hall–Kier alpha value is -3.29. The molecule has 1 aromatic carbocycles. The monoisotopic (exact) mass is 382 g/mol. The number of carboxylic acids is 1. The van der Waals surface area contributed by atoms with Gasteiger partial charge in [0.2, 0.25) is 5.91 Å². The largest absolute Gasteiger partial charge is 0.496 e. The Labute approximate surface area is 161 Å². The summed E-state index contributed by atoms with van der Waals surface area (Å²) in [7, 11) is 1.63. The van der Waals surface area contributed by atoms with Gasteiger partial charge >= 0.3 is 5.97 Å². The van der Waals surface area contributed by atoms with Gasteiger partial charge in [0.15, 0.2) is 0 Å². The summed E-state index contributed by atoms with van der Waals surface area (Å²) in [5, 5.41) is 14.1. The van der Waals surface area contributed by atoms with Crippen LogP contribution in [0.1, 0.15) is 34.8 Å². The zero-order valence-corrected chi connectivity index (χ0v) is 15.6. The second kappa shape index (κ2) is 7.38. The Balaban J connectivity index is 1.41. The van der Waals surface area contributed by atoms with Gasteiger partial charge in [-0.25, -0.2) is 4.79 Å². The van der Waals surface area contributed by atoms with E-state index in [9.17, 15) is 9.59 Å². The minimum absolute atomic E-state index is 0.0805. The van der Waals surface area contributed by atoms with E-state index in [1.54, 1.807) is 18.0 Å². The van der Waals surface area contributed by atoms with Crippen LogP contribution in [0.3, 0.4) is 0 Å². The summed E-state index contributed by atoms with van der Waals surface area (Å²) in [6.45, 7) is 1.26. The fourth-order valence-corrected chi connectivity index (χ4v) is 3.83. The molecule has 3 heterocycles. The molecular weight excluding hydrogens is 360 g/mol. The number of rotatable bonds is 5. The van der Waals surface area contributed by atoms with Gasteiger partial charge in [-0.1, -0.05) is 6.07 Å². The molecular formula is C20H22N4O4. The third-order valence-corrected chi connectivity index (χ3v) is 5.35. The Morgan fingerprint density at radius 3 is 2.79 bits per heavy atom. The number of fused-ring (bicyclic) bond motifs is 1. The fourth-order valence-electron chi connectivity index (χ4n) is 3.83. The van der Waals surface area contributed by atoms with Crippen LogP contribution >= 0.6 is 0 Å². The van der Waals surface area contributed by atoms with E-state index < -0.39 is 5.97 Å². The van der Waals surface area contributed by atoms with Crippen LogP contribution in [-0.4, -0.2) is 56.8 Å². The molecule has 1 fully saturated rings. The molecule has 28 heavy (non-hydrogen) atoms. The van der Waals surface area contributed by atoms with Crippen LogP contribution in [0, 0.1) is 0 Å². The number of aromatic nitrogens is 3. The topological polar surface area (TPSA) is 100 Å². The smallest absolute Gasteiger partial charge is 0.338 e.